The van der Waals surface area contributed by atoms with Crippen molar-refractivity contribution in [3.8, 4) is 5.75 Å². The Morgan fingerprint density at radius 1 is 1.45 bits per heavy atom. The van der Waals surface area contributed by atoms with Crippen LogP contribution in [0.5, 0.6) is 5.75 Å². The molecule has 2 N–H and O–H groups in total. The van der Waals surface area contributed by atoms with E-state index in [0.717, 1.165) is 30.0 Å². The van der Waals surface area contributed by atoms with Crippen LogP contribution in [-0.2, 0) is 6.61 Å². The van der Waals surface area contributed by atoms with E-state index in [2.05, 4.69) is 10.1 Å². The van der Waals surface area contributed by atoms with Gasteiger partial charge in [-0.25, -0.2) is 0 Å². The van der Waals surface area contributed by atoms with Crippen LogP contribution < -0.4 is 10.5 Å². The predicted molar refractivity (Wildman–Crippen MR) is 74.4 cm³/mol. The van der Waals surface area contributed by atoms with Crippen LogP contribution in [0.3, 0.4) is 0 Å². The quantitative estimate of drug-likeness (QED) is 0.906. The minimum Gasteiger partial charge on any atom is -0.485 e. The monoisotopic (exact) mass is 273 g/mol. The summed E-state index contributed by atoms with van der Waals surface area (Å²) < 4.78 is 11.0. The third kappa shape index (κ3) is 2.82. The summed E-state index contributed by atoms with van der Waals surface area (Å²) in [6.07, 6.45) is 2.30. The van der Waals surface area contributed by atoms with E-state index in [-0.39, 0.29) is 6.04 Å². The van der Waals surface area contributed by atoms with Gasteiger partial charge in [0.2, 0.25) is 11.7 Å². The Hall–Kier alpha value is -1.88. The van der Waals surface area contributed by atoms with E-state index in [0.29, 0.717) is 18.3 Å². The molecule has 5 nitrogen and oxygen atoms in total. The van der Waals surface area contributed by atoms with Crippen molar-refractivity contribution in [2.24, 2.45) is 5.73 Å². The average molecular weight is 273 g/mol. The first kappa shape index (κ1) is 13.1. The number of benzene rings is 1. The van der Waals surface area contributed by atoms with Crippen molar-refractivity contribution in [2.45, 2.75) is 45.3 Å². The van der Waals surface area contributed by atoms with Crippen LogP contribution in [0.1, 0.15) is 54.6 Å². The Balaban J connectivity index is 1.70. The van der Waals surface area contributed by atoms with E-state index >= 15 is 0 Å². The Labute approximate surface area is 118 Å². The number of ether oxygens (including phenoxy) is 1. The number of aromatic nitrogens is 2. The summed E-state index contributed by atoms with van der Waals surface area (Å²) in [5, 5.41) is 3.94. The molecule has 1 heterocycles. The lowest BCUT2D eigenvalue weighted by Gasteiger charge is -2.13. The highest BCUT2D eigenvalue weighted by atomic mass is 16.5. The maximum atomic E-state index is 5.97. The minimum atomic E-state index is -0.0720. The first-order valence-electron chi connectivity index (χ1n) is 6.95. The number of aryl methyl sites for hydroxylation is 1. The Morgan fingerprint density at radius 3 is 2.95 bits per heavy atom. The second-order valence-electron chi connectivity index (χ2n) is 5.44. The maximum Gasteiger partial charge on any atom is 0.229 e. The van der Waals surface area contributed by atoms with Crippen LogP contribution in [0, 0.1) is 6.92 Å². The zero-order chi connectivity index (χ0) is 14.1. The van der Waals surface area contributed by atoms with Crippen molar-refractivity contribution in [1.82, 2.24) is 10.1 Å². The number of rotatable bonds is 5. The van der Waals surface area contributed by atoms with Gasteiger partial charge >= 0.3 is 0 Å². The van der Waals surface area contributed by atoms with E-state index in [9.17, 15) is 0 Å². The average Bonchev–Trinajstić information content (AvgIpc) is 3.17. The van der Waals surface area contributed by atoms with E-state index in [1.165, 1.54) is 5.56 Å². The highest BCUT2D eigenvalue weighted by Gasteiger charge is 2.29. The minimum absolute atomic E-state index is 0.0720. The summed E-state index contributed by atoms with van der Waals surface area (Å²) in [4.78, 5) is 4.35. The molecule has 0 aliphatic heterocycles. The molecule has 1 aromatic heterocycles. The molecule has 1 aliphatic carbocycles. The van der Waals surface area contributed by atoms with Crippen molar-refractivity contribution in [3.05, 3.63) is 41.0 Å². The number of nitrogens with two attached hydrogens (primary N) is 1. The molecule has 2 aromatic rings. The molecule has 0 spiro atoms. The summed E-state index contributed by atoms with van der Waals surface area (Å²) in [7, 11) is 0. The summed E-state index contributed by atoms with van der Waals surface area (Å²) in [5.74, 6) is 2.57. The first-order chi connectivity index (χ1) is 9.63. The molecule has 1 unspecified atom stereocenters. The molecule has 20 heavy (non-hydrogen) atoms. The van der Waals surface area contributed by atoms with Gasteiger partial charge in [-0.1, -0.05) is 22.9 Å². The molecule has 1 aromatic carbocycles. The van der Waals surface area contributed by atoms with Crippen LogP contribution in [0.2, 0.25) is 0 Å². The molecule has 5 heteroatoms. The molecule has 1 atom stereocenters. The van der Waals surface area contributed by atoms with Gasteiger partial charge in [0.05, 0.1) is 0 Å². The van der Waals surface area contributed by atoms with Crippen LogP contribution in [0.25, 0.3) is 0 Å². The lowest BCUT2D eigenvalue weighted by molar-refractivity contribution is 0.281. The van der Waals surface area contributed by atoms with Crippen molar-refractivity contribution in [2.75, 3.05) is 0 Å². The molecule has 0 saturated heterocycles. The van der Waals surface area contributed by atoms with Gasteiger partial charge in [0.25, 0.3) is 0 Å². The molecule has 0 amide bonds. The van der Waals surface area contributed by atoms with Crippen molar-refractivity contribution >= 4 is 0 Å². The fraction of sp³-hybridized carbons (Fsp3) is 0.467. The Kier molecular flexibility index (Phi) is 3.44. The van der Waals surface area contributed by atoms with Crippen LogP contribution in [0.4, 0.5) is 0 Å². The van der Waals surface area contributed by atoms with Gasteiger partial charge in [0.1, 0.15) is 5.75 Å². The maximum absolute atomic E-state index is 5.97. The third-order valence-corrected chi connectivity index (χ3v) is 3.42. The van der Waals surface area contributed by atoms with E-state index in [1.54, 1.807) is 0 Å². The van der Waals surface area contributed by atoms with Crippen LogP contribution in [0.15, 0.2) is 22.7 Å². The molecule has 0 radical (unpaired) electrons. The third-order valence-electron chi connectivity index (χ3n) is 3.42. The van der Waals surface area contributed by atoms with Gasteiger partial charge in [-0.05, 0) is 32.8 Å². The highest BCUT2D eigenvalue weighted by molar-refractivity contribution is 5.38. The summed E-state index contributed by atoms with van der Waals surface area (Å²) in [5.41, 5.74) is 8.14. The Bertz CT molecular complexity index is 603. The van der Waals surface area contributed by atoms with Gasteiger partial charge < -0.3 is 15.0 Å². The zero-order valence-electron chi connectivity index (χ0n) is 11.8. The molecule has 1 saturated carbocycles. The van der Waals surface area contributed by atoms with Gasteiger partial charge in [-0.2, -0.15) is 4.98 Å². The van der Waals surface area contributed by atoms with Crippen molar-refractivity contribution < 1.29 is 9.26 Å². The molecule has 0 bridgehead atoms. The standard InChI is InChI=1S/C15H19N3O2/c1-9-3-6-13(12(7-9)10(2)16)19-8-14-17-15(20-18-14)11-4-5-11/h3,6-7,10-11H,4-5,8,16H2,1-2H3. The normalized spacial score (nSPS) is 16.1. The number of hydrogen-bond acceptors (Lipinski definition) is 5. The second-order valence-corrected chi connectivity index (χ2v) is 5.44. The smallest absolute Gasteiger partial charge is 0.229 e. The van der Waals surface area contributed by atoms with Gasteiger partial charge in [0.15, 0.2) is 6.61 Å². The first-order valence-corrected chi connectivity index (χ1v) is 6.95. The molecule has 106 valence electrons. The molecule has 3 rings (SSSR count). The van der Waals surface area contributed by atoms with Gasteiger partial charge in [0, 0.05) is 17.5 Å². The topological polar surface area (TPSA) is 74.2 Å². The number of nitrogens with zero attached hydrogens (tertiary/aromatic N) is 2. The second kappa shape index (κ2) is 5.25. The lowest BCUT2D eigenvalue weighted by Crippen LogP contribution is -2.09. The fourth-order valence-corrected chi connectivity index (χ4v) is 2.12. The molecular formula is C15H19N3O2. The molecule has 1 fully saturated rings. The summed E-state index contributed by atoms with van der Waals surface area (Å²) >= 11 is 0. The largest absolute Gasteiger partial charge is 0.485 e. The fourth-order valence-electron chi connectivity index (χ4n) is 2.12. The molecular weight excluding hydrogens is 254 g/mol. The predicted octanol–water partition coefficient (Wildman–Crippen LogP) is 2.85. The van der Waals surface area contributed by atoms with Crippen LogP contribution in [-0.4, -0.2) is 10.1 Å². The van der Waals surface area contributed by atoms with Crippen molar-refractivity contribution in [3.63, 3.8) is 0 Å². The van der Waals surface area contributed by atoms with Crippen LogP contribution >= 0.6 is 0 Å². The molecule has 1 aliphatic rings. The van der Waals surface area contributed by atoms with Gasteiger partial charge in [-0.15, -0.1) is 0 Å². The van der Waals surface area contributed by atoms with E-state index in [1.807, 2.05) is 32.0 Å². The highest BCUT2D eigenvalue weighted by Crippen LogP contribution is 2.38. The summed E-state index contributed by atoms with van der Waals surface area (Å²) in [6.45, 7) is 4.29. The van der Waals surface area contributed by atoms with E-state index in [4.69, 9.17) is 15.0 Å². The summed E-state index contributed by atoms with van der Waals surface area (Å²) in [6, 6.07) is 5.92. The lowest BCUT2D eigenvalue weighted by atomic mass is 10.1. The van der Waals surface area contributed by atoms with Crippen molar-refractivity contribution in [1.29, 1.82) is 0 Å². The van der Waals surface area contributed by atoms with E-state index < -0.39 is 0 Å². The van der Waals surface area contributed by atoms with Gasteiger partial charge in [-0.3, -0.25) is 0 Å². The Morgan fingerprint density at radius 2 is 2.25 bits per heavy atom. The number of hydrogen-bond donors (Lipinski definition) is 1. The zero-order valence-corrected chi connectivity index (χ0v) is 11.8. The SMILES string of the molecule is Cc1ccc(OCc2noc(C3CC3)n2)c(C(C)N)c1.